The van der Waals surface area contributed by atoms with Crippen LogP contribution < -0.4 is 5.32 Å². The van der Waals surface area contributed by atoms with E-state index < -0.39 is 0 Å². The lowest BCUT2D eigenvalue weighted by molar-refractivity contribution is 0.275. The molecule has 2 atom stereocenters. The molecule has 1 aliphatic rings. The van der Waals surface area contributed by atoms with Crippen molar-refractivity contribution in [3.63, 3.8) is 0 Å². The standard InChI is InChI=1S/C9H13N3O/c1-6-3-10-9(11-4-6)12-8-2-7(8)5-13/h3-4,7-8,13H,2,5H2,1H3,(H,10,11,12). The highest BCUT2D eigenvalue weighted by Gasteiger charge is 2.36. The number of aliphatic hydroxyl groups is 1. The summed E-state index contributed by atoms with van der Waals surface area (Å²) < 4.78 is 0. The molecule has 13 heavy (non-hydrogen) atoms. The minimum atomic E-state index is 0.254. The molecular weight excluding hydrogens is 166 g/mol. The Morgan fingerprint density at radius 1 is 1.54 bits per heavy atom. The van der Waals surface area contributed by atoms with Gasteiger partial charge in [0.2, 0.25) is 5.95 Å². The third-order valence-electron chi connectivity index (χ3n) is 2.25. The van der Waals surface area contributed by atoms with Gasteiger partial charge in [-0.05, 0) is 18.9 Å². The first-order valence-corrected chi connectivity index (χ1v) is 4.45. The zero-order valence-electron chi connectivity index (χ0n) is 7.57. The van der Waals surface area contributed by atoms with Crippen LogP contribution in [0.4, 0.5) is 5.95 Å². The molecule has 1 aliphatic carbocycles. The largest absolute Gasteiger partial charge is 0.396 e. The molecule has 4 heteroatoms. The van der Waals surface area contributed by atoms with Gasteiger partial charge in [-0.3, -0.25) is 0 Å². The van der Waals surface area contributed by atoms with Crippen molar-refractivity contribution in [2.75, 3.05) is 11.9 Å². The predicted molar refractivity (Wildman–Crippen MR) is 49.4 cm³/mol. The van der Waals surface area contributed by atoms with Gasteiger partial charge < -0.3 is 10.4 Å². The average Bonchev–Trinajstić information content (AvgIpc) is 2.88. The highest BCUT2D eigenvalue weighted by molar-refractivity contribution is 5.29. The molecule has 1 aromatic heterocycles. The van der Waals surface area contributed by atoms with Crippen LogP contribution >= 0.6 is 0 Å². The molecule has 4 nitrogen and oxygen atoms in total. The first-order valence-electron chi connectivity index (χ1n) is 4.45. The van der Waals surface area contributed by atoms with Gasteiger partial charge in [0.25, 0.3) is 0 Å². The second-order valence-electron chi connectivity index (χ2n) is 3.51. The highest BCUT2D eigenvalue weighted by atomic mass is 16.3. The van der Waals surface area contributed by atoms with Crippen molar-refractivity contribution in [1.29, 1.82) is 0 Å². The quantitative estimate of drug-likeness (QED) is 0.712. The van der Waals surface area contributed by atoms with Gasteiger partial charge in [0.15, 0.2) is 0 Å². The summed E-state index contributed by atoms with van der Waals surface area (Å²) in [4.78, 5) is 8.25. The molecule has 0 aliphatic heterocycles. The van der Waals surface area contributed by atoms with E-state index in [9.17, 15) is 0 Å². The lowest BCUT2D eigenvalue weighted by Crippen LogP contribution is -2.09. The summed E-state index contributed by atoms with van der Waals surface area (Å²) in [5, 5.41) is 12.0. The second kappa shape index (κ2) is 3.30. The van der Waals surface area contributed by atoms with Crippen molar-refractivity contribution in [1.82, 2.24) is 9.97 Å². The van der Waals surface area contributed by atoms with Crippen molar-refractivity contribution >= 4 is 5.95 Å². The maximum atomic E-state index is 8.82. The van der Waals surface area contributed by atoms with E-state index in [1.807, 2.05) is 6.92 Å². The second-order valence-corrected chi connectivity index (χ2v) is 3.51. The van der Waals surface area contributed by atoms with Crippen LogP contribution in [0.3, 0.4) is 0 Å². The SMILES string of the molecule is Cc1cnc(NC2CC2CO)nc1. The highest BCUT2D eigenvalue weighted by Crippen LogP contribution is 2.31. The zero-order chi connectivity index (χ0) is 9.26. The average molecular weight is 179 g/mol. The number of nitrogens with zero attached hydrogens (tertiary/aromatic N) is 2. The van der Waals surface area contributed by atoms with Gasteiger partial charge in [-0.25, -0.2) is 9.97 Å². The van der Waals surface area contributed by atoms with Crippen LogP contribution in [0.2, 0.25) is 0 Å². The maximum Gasteiger partial charge on any atom is 0.222 e. The summed E-state index contributed by atoms with van der Waals surface area (Å²) in [5.41, 5.74) is 1.06. The molecule has 0 amide bonds. The third-order valence-corrected chi connectivity index (χ3v) is 2.25. The number of aromatic nitrogens is 2. The number of anilines is 1. The molecule has 0 bridgehead atoms. The van der Waals surface area contributed by atoms with Crippen molar-refractivity contribution in [2.45, 2.75) is 19.4 Å². The van der Waals surface area contributed by atoms with Crippen molar-refractivity contribution in [3.05, 3.63) is 18.0 Å². The van der Waals surface area contributed by atoms with E-state index in [-0.39, 0.29) is 6.61 Å². The number of hydrogen-bond acceptors (Lipinski definition) is 4. The molecule has 2 N–H and O–H groups in total. The maximum absolute atomic E-state index is 8.82. The van der Waals surface area contributed by atoms with Crippen molar-refractivity contribution in [3.8, 4) is 0 Å². The van der Waals surface area contributed by atoms with Gasteiger partial charge in [-0.15, -0.1) is 0 Å². The molecule has 70 valence electrons. The van der Waals surface area contributed by atoms with Crippen LogP contribution in [0.25, 0.3) is 0 Å². The number of aryl methyl sites for hydroxylation is 1. The van der Waals surface area contributed by atoms with E-state index in [2.05, 4.69) is 15.3 Å². The molecular formula is C9H13N3O. The molecule has 2 unspecified atom stereocenters. The number of aliphatic hydroxyl groups excluding tert-OH is 1. The minimum absolute atomic E-state index is 0.254. The predicted octanol–water partition coefficient (Wildman–Crippen LogP) is 0.578. The summed E-state index contributed by atoms with van der Waals surface area (Å²) in [6.45, 7) is 2.21. The Labute approximate surface area is 77.0 Å². The summed E-state index contributed by atoms with van der Waals surface area (Å²) in [7, 11) is 0. The smallest absolute Gasteiger partial charge is 0.222 e. The fraction of sp³-hybridized carbons (Fsp3) is 0.556. The summed E-state index contributed by atoms with van der Waals surface area (Å²) in [6.07, 6.45) is 4.59. The Hall–Kier alpha value is -1.16. The van der Waals surface area contributed by atoms with Crippen LogP contribution in [-0.2, 0) is 0 Å². The first kappa shape index (κ1) is 8.44. The molecule has 0 aromatic carbocycles. The summed E-state index contributed by atoms with van der Waals surface area (Å²) in [5.74, 6) is 1.05. The normalized spacial score (nSPS) is 25.7. The summed E-state index contributed by atoms with van der Waals surface area (Å²) >= 11 is 0. The van der Waals surface area contributed by atoms with Crippen LogP contribution in [0.5, 0.6) is 0 Å². The van der Waals surface area contributed by atoms with Crippen LogP contribution in [0, 0.1) is 12.8 Å². The Morgan fingerprint density at radius 2 is 2.23 bits per heavy atom. The Balaban J connectivity index is 1.92. The van der Waals surface area contributed by atoms with E-state index in [0.29, 0.717) is 17.9 Å². The molecule has 0 spiro atoms. The van der Waals surface area contributed by atoms with Crippen molar-refractivity contribution in [2.24, 2.45) is 5.92 Å². The Kier molecular flexibility index (Phi) is 2.14. The number of rotatable bonds is 3. The van der Waals surface area contributed by atoms with Gasteiger partial charge >= 0.3 is 0 Å². The lowest BCUT2D eigenvalue weighted by atomic mass is 10.4. The zero-order valence-corrected chi connectivity index (χ0v) is 7.57. The molecule has 1 aromatic rings. The van der Waals surface area contributed by atoms with E-state index in [0.717, 1.165) is 12.0 Å². The Bertz CT molecular complexity index is 285. The van der Waals surface area contributed by atoms with E-state index in [1.54, 1.807) is 12.4 Å². The van der Waals surface area contributed by atoms with E-state index in [1.165, 1.54) is 0 Å². The van der Waals surface area contributed by atoms with Crippen LogP contribution in [-0.4, -0.2) is 27.7 Å². The third kappa shape index (κ3) is 1.95. The van der Waals surface area contributed by atoms with Crippen LogP contribution in [0.15, 0.2) is 12.4 Å². The number of nitrogens with one attached hydrogen (secondary N) is 1. The van der Waals surface area contributed by atoms with E-state index >= 15 is 0 Å². The minimum Gasteiger partial charge on any atom is -0.396 e. The van der Waals surface area contributed by atoms with Gasteiger partial charge in [0.05, 0.1) is 0 Å². The fourth-order valence-corrected chi connectivity index (χ4v) is 1.26. The molecule has 1 saturated carbocycles. The monoisotopic (exact) mass is 179 g/mol. The molecule has 1 heterocycles. The topological polar surface area (TPSA) is 58.0 Å². The van der Waals surface area contributed by atoms with E-state index in [4.69, 9.17) is 5.11 Å². The van der Waals surface area contributed by atoms with Gasteiger partial charge in [0.1, 0.15) is 0 Å². The number of hydrogen-bond donors (Lipinski definition) is 2. The molecule has 2 rings (SSSR count). The van der Waals surface area contributed by atoms with Crippen LogP contribution in [0.1, 0.15) is 12.0 Å². The molecule has 0 saturated heterocycles. The van der Waals surface area contributed by atoms with Gasteiger partial charge in [-0.1, -0.05) is 0 Å². The first-order chi connectivity index (χ1) is 6.29. The Morgan fingerprint density at radius 3 is 2.77 bits per heavy atom. The molecule has 1 fully saturated rings. The van der Waals surface area contributed by atoms with Crippen molar-refractivity contribution < 1.29 is 5.11 Å². The molecule has 0 radical (unpaired) electrons. The lowest BCUT2D eigenvalue weighted by Gasteiger charge is -2.02. The van der Waals surface area contributed by atoms with Gasteiger partial charge in [0, 0.05) is 31.0 Å². The summed E-state index contributed by atoms with van der Waals surface area (Å²) in [6, 6.07) is 0.368. The van der Waals surface area contributed by atoms with Gasteiger partial charge in [-0.2, -0.15) is 0 Å². The fourth-order valence-electron chi connectivity index (χ4n) is 1.26.